The first-order valence-corrected chi connectivity index (χ1v) is 9.12. The van der Waals surface area contributed by atoms with Crippen molar-refractivity contribution in [3.63, 3.8) is 0 Å². The van der Waals surface area contributed by atoms with Gasteiger partial charge in [0.25, 0.3) is 0 Å². The van der Waals surface area contributed by atoms with Crippen LogP contribution < -0.4 is 9.47 Å². The molecule has 1 atom stereocenters. The van der Waals surface area contributed by atoms with Gasteiger partial charge in [0.05, 0.1) is 12.6 Å². The highest BCUT2D eigenvalue weighted by molar-refractivity contribution is 5.99. The maximum absolute atomic E-state index is 12.8. The van der Waals surface area contributed by atoms with E-state index in [1.165, 1.54) is 0 Å². The van der Waals surface area contributed by atoms with Crippen molar-refractivity contribution in [2.45, 2.75) is 13.0 Å². The third kappa shape index (κ3) is 3.46. The molecule has 0 N–H and O–H groups in total. The van der Waals surface area contributed by atoms with E-state index in [-0.39, 0.29) is 19.4 Å². The van der Waals surface area contributed by atoms with Crippen LogP contribution >= 0.6 is 0 Å². The second-order valence-electron chi connectivity index (χ2n) is 6.38. The van der Waals surface area contributed by atoms with Crippen molar-refractivity contribution in [1.29, 1.82) is 0 Å². The van der Waals surface area contributed by atoms with Gasteiger partial charge in [0.2, 0.25) is 6.79 Å². The molecule has 144 valence electrons. The molecule has 2 aromatic rings. The van der Waals surface area contributed by atoms with Crippen molar-refractivity contribution in [2.75, 3.05) is 20.4 Å². The van der Waals surface area contributed by atoms with Crippen LogP contribution in [0.15, 0.2) is 60.2 Å². The minimum atomic E-state index is -0.401. The fourth-order valence-electron chi connectivity index (χ4n) is 3.22. The molecule has 0 fully saturated rings. The normalized spacial score (nSPS) is 18.6. The van der Waals surface area contributed by atoms with Gasteiger partial charge in [-0.1, -0.05) is 42.5 Å². The summed E-state index contributed by atoms with van der Waals surface area (Å²) in [4.78, 5) is 18.7. The van der Waals surface area contributed by atoms with Gasteiger partial charge in [0.15, 0.2) is 17.3 Å². The lowest BCUT2D eigenvalue weighted by molar-refractivity contribution is -0.139. The van der Waals surface area contributed by atoms with Crippen molar-refractivity contribution < 1.29 is 23.8 Å². The molecule has 2 heterocycles. The summed E-state index contributed by atoms with van der Waals surface area (Å²) in [6.07, 6.45) is 3.90. The topological polar surface area (TPSA) is 57.2 Å². The zero-order valence-corrected chi connectivity index (χ0v) is 15.8. The van der Waals surface area contributed by atoms with Crippen molar-refractivity contribution in [1.82, 2.24) is 5.06 Å². The van der Waals surface area contributed by atoms with Crippen LogP contribution in [-0.4, -0.2) is 37.5 Å². The smallest absolute Gasteiger partial charge is 0.339 e. The summed E-state index contributed by atoms with van der Waals surface area (Å²) in [7, 11) is 1.79. The van der Waals surface area contributed by atoms with Crippen LogP contribution in [0.3, 0.4) is 0 Å². The Morgan fingerprint density at radius 3 is 2.75 bits per heavy atom. The molecule has 2 aliphatic rings. The summed E-state index contributed by atoms with van der Waals surface area (Å²) in [5.74, 6) is 1.36. The van der Waals surface area contributed by atoms with Crippen LogP contribution in [0, 0.1) is 0 Å². The second-order valence-corrected chi connectivity index (χ2v) is 6.38. The number of nitrogens with zero attached hydrogens (tertiary/aromatic N) is 1. The van der Waals surface area contributed by atoms with Crippen LogP contribution in [0.5, 0.6) is 11.5 Å². The van der Waals surface area contributed by atoms with E-state index in [1.807, 2.05) is 60.7 Å². The van der Waals surface area contributed by atoms with Crippen molar-refractivity contribution in [3.05, 3.63) is 71.3 Å². The highest BCUT2D eigenvalue weighted by atomic mass is 16.7. The summed E-state index contributed by atoms with van der Waals surface area (Å²) in [6.45, 7) is 2.26. The van der Waals surface area contributed by atoms with Gasteiger partial charge in [0.1, 0.15) is 5.57 Å². The summed E-state index contributed by atoms with van der Waals surface area (Å²) in [6, 6.07) is 15.0. The summed E-state index contributed by atoms with van der Waals surface area (Å²) >= 11 is 0. The molecule has 6 nitrogen and oxygen atoms in total. The number of fused-ring (bicyclic) bond motifs is 1. The Labute approximate surface area is 163 Å². The van der Waals surface area contributed by atoms with Gasteiger partial charge in [-0.3, -0.25) is 0 Å². The lowest BCUT2D eigenvalue weighted by atomic mass is 10.0. The Morgan fingerprint density at radius 2 is 1.96 bits per heavy atom. The molecular formula is C22H21NO5. The highest BCUT2D eigenvalue weighted by Crippen LogP contribution is 2.39. The minimum Gasteiger partial charge on any atom is -0.462 e. The Bertz CT molecular complexity index is 935. The first-order valence-electron chi connectivity index (χ1n) is 9.12. The molecule has 1 unspecified atom stereocenters. The monoisotopic (exact) mass is 379 g/mol. The average molecular weight is 379 g/mol. The fraction of sp³-hybridized carbons (Fsp3) is 0.227. The van der Waals surface area contributed by atoms with Crippen LogP contribution in [0.25, 0.3) is 11.8 Å². The van der Waals surface area contributed by atoms with E-state index in [4.69, 9.17) is 19.0 Å². The third-order valence-electron chi connectivity index (χ3n) is 4.57. The predicted octanol–water partition coefficient (Wildman–Crippen LogP) is 3.65. The molecule has 28 heavy (non-hydrogen) atoms. The lowest BCUT2D eigenvalue weighted by Crippen LogP contribution is -2.28. The Kier molecular flexibility index (Phi) is 5.04. The summed E-state index contributed by atoms with van der Waals surface area (Å²) in [5, 5.41) is 1.64. The SMILES string of the molecule is CCOC(=O)C1=C(c2ccc3c(c2)OCO3)ON(C)C1/C=C/c1ccccc1. The molecule has 2 aromatic carbocycles. The van der Waals surface area contributed by atoms with Crippen LogP contribution in [-0.2, 0) is 14.4 Å². The zero-order chi connectivity index (χ0) is 19.5. The number of carbonyl (C=O) groups excluding carboxylic acids is 1. The van der Waals surface area contributed by atoms with E-state index < -0.39 is 5.97 Å². The molecule has 0 spiro atoms. The third-order valence-corrected chi connectivity index (χ3v) is 4.57. The molecule has 0 saturated heterocycles. The van der Waals surface area contributed by atoms with Gasteiger partial charge >= 0.3 is 5.97 Å². The van der Waals surface area contributed by atoms with Crippen LogP contribution in [0.4, 0.5) is 0 Å². The number of carbonyl (C=O) groups is 1. The van der Waals surface area contributed by atoms with E-state index in [1.54, 1.807) is 19.0 Å². The van der Waals surface area contributed by atoms with E-state index in [9.17, 15) is 4.79 Å². The molecule has 0 amide bonds. The Balaban J connectivity index is 1.73. The largest absolute Gasteiger partial charge is 0.462 e. The summed E-state index contributed by atoms with van der Waals surface area (Å²) in [5.41, 5.74) is 2.22. The number of hydroxylamine groups is 2. The Morgan fingerprint density at radius 1 is 1.18 bits per heavy atom. The predicted molar refractivity (Wildman–Crippen MR) is 104 cm³/mol. The molecule has 0 saturated carbocycles. The molecule has 0 aromatic heterocycles. The fourth-order valence-corrected chi connectivity index (χ4v) is 3.22. The van der Waals surface area contributed by atoms with Gasteiger partial charge in [-0.25, -0.2) is 4.79 Å². The molecule has 2 aliphatic heterocycles. The number of hydrogen-bond donors (Lipinski definition) is 0. The quantitative estimate of drug-likeness (QED) is 0.739. The van der Waals surface area contributed by atoms with Gasteiger partial charge in [-0.2, -0.15) is 0 Å². The number of hydrogen-bond acceptors (Lipinski definition) is 6. The molecule has 0 bridgehead atoms. The van der Waals surface area contributed by atoms with E-state index >= 15 is 0 Å². The van der Waals surface area contributed by atoms with Crippen LogP contribution in [0.1, 0.15) is 18.1 Å². The van der Waals surface area contributed by atoms with Crippen molar-refractivity contribution >= 4 is 17.8 Å². The van der Waals surface area contributed by atoms with Crippen LogP contribution in [0.2, 0.25) is 0 Å². The lowest BCUT2D eigenvalue weighted by Gasteiger charge is -2.16. The zero-order valence-electron chi connectivity index (χ0n) is 15.8. The maximum atomic E-state index is 12.8. The van der Waals surface area contributed by atoms with Gasteiger partial charge in [-0.15, -0.1) is 5.06 Å². The number of benzene rings is 2. The average Bonchev–Trinajstić information content (AvgIpc) is 3.31. The first-order chi connectivity index (χ1) is 13.7. The molecule has 0 aliphatic carbocycles. The van der Waals surface area contributed by atoms with E-state index in [0.29, 0.717) is 22.8 Å². The second kappa shape index (κ2) is 7.78. The van der Waals surface area contributed by atoms with E-state index in [0.717, 1.165) is 11.1 Å². The minimum absolute atomic E-state index is 0.186. The Hall–Kier alpha value is -3.25. The van der Waals surface area contributed by atoms with Gasteiger partial charge in [0, 0.05) is 12.6 Å². The number of rotatable bonds is 5. The maximum Gasteiger partial charge on any atom is 0.339 e. The summed E-state index contributed by atoms with van der Waals surface area (Å²) < 4.78 is 16.1. The molecule has 6 heteroatoms. The number of esters is 1. The van der Waals surface area contributed by atoms with Gasteiger partial charge < -0.3 is 19.0 Å². The highest BCUT2D eigenvalue weighted by Gasteiger charge is 2.37. The molecule has 4 rings (SSSR count). The van der Waals surface area contributed by atoms with Gasteiger partial charge in [-0.05, 0) is 30.7 Å². The number of likely N-dealkylation sites (N-methyl/N-ethyl adjacent to an activating group) is 1. The standard InChI is InChI=1S/C22H21NO5/c1-3-25-22(24)20-17(11-9-15-7-5-4-6-8-15)23(2)28-21(20)16-10-12-18-19(13-16)27-14-26-18/h4-13,17H,3,14H2,1-2H3/b11-9+. The first kappa shape index (κ1) is 18.1. The van der Waals surface area contributed by atoms with E-state index in [2.05, 4.69) is 0 Å². The van der Waals surface area contributed by atoms with Crippen molar-refractivity contribution in [3.8, 4) is 11.5 Å². The molecule has 0 radical (unpaired) electrons. The van der Waals surface area contributed by atoms with Crippen molar-refractivity contribution in [2.24, 2.45) is 0 Å². The number of ether oxygens (including phenoxy) is 3. The molecular weight excluding hydrogens is 358 g/mol.